The third kappa shape index (κ3) is 2.21. The number of para-hydroxylation sites is 1. The summed E-state index contributed by atoms with van der Waals surface area (Å²) in [7, 11) is 0. The van der Waals surface area contributed by atoms with Crippen molar-refractivity contribution in [2.45, 2.75) is 19.6 Å². The largest absolute Gasteiger partial charge is 0.389 e. The SMILES string of the molecule is CC(O)c1ccc(-c2nc3cccc4c3n2CCNC4=O)cc1. The molecule has 2 heterocycles. The van der Waals surface area contributed by atoms with E-state index in [0.29, 0.717) is 18.7 Å². The molecule has 5 heteroatoms. The van der Waals surface area contributed by atoms with Crippen LogP contribution in [0.15, 0.2) is 42.5 Å². The van der Waals surface area contributed by atoms with Crippen LogP contribution < -0.4 is 5.32 Å². The lowest BCUT2D eigenvalue weighted by Crippen LogP contribution is -2.24. The van der Waals surface area contributed by atoms with E-state index in [9.17, 15) is 9.90 Å². The molecule has 5 nitrogen and oxygen atoms in total. The van der Waals surface area contributed by atoms with Crippen LogP contribution in [0.2, 0.25) is 0 Å². The zero-order chi connectivity index (χ0) is 16.0. The van der Waals surface area contributed by atoms with E-state index in [4.69, 9.17) is 4.98 Å². The third-order valence-electron chi connectivity index (χ3n) is 4.28. The molecule has 0 saturated heterocycles. The summed E-state index contributed by atoms with van der Waals surface area (Å²) in [4.78, 5) is 16.9. The molecule has 0 saturated carbocycles. The Balaban J connectivity index is 1.92. The number of benzene rings is 2. The smallest absolute Gasteiger partial charge is 0.253 e. The minimum absolute atomic E-state index is 0.0507. The Bertz CT molecular complexity index is 895. The van der Waals surface area contributed by atoms with Crippen LogP contribution in [0, 0.1) is 0 Å². The van der Waals surface area contributed by atoms with Crippen LogP contribution in [-0.4, -0.2) is 27.1 Å². The summed E-state index contributed by atoms with van der Waals surface area (Å²) < 4.78 is 2.10. The van der Waals surface area contributed by atoms with E-state index in [-0.39, 0.29) is 5.91 Å². The van der Waals surface area contributed by atoms with E-state index in [1.807, 2.05) is 42.5 Å². The number of rotatable bonds is 2. The average molecular weight is 307 g/mol. The van der Waals surface area contributed by atoms with E-state index in [1.54, 1.807) is 6.92 Å². The van der Waals surface area contributed by atoms with Crippen molar-refractivity contribution in [1.82, 2.24) is 14.9 Å². The van der Waals surface area contributed by atoms with E-state index in [2.05, 4.69) is 9.88 Å². The first-order valence-electron chi connectivity index (χ1n) is 7.71. The number of aliphatic hydroxyl groups excluding tert-OH is 1. The van der Waals surface area contributed by atoms with Gasteiger partial charge in [-0.25, -0.2) is 4.98 Å². The Morgan fingerprint density at radius 3 is 2.74 bits per heavy atom. The highest BCUT2D eigenvalue weighted by atomic mass is 16.3. The number of carbonyl (C=O) groups excluding carboxylic acids is 1. The lowest BCUT2D eigenvalue weighted by molar-refractivity contribution is 0.0956. The zero-order valence-electron chi connectivity index (χ0n) is 12.8. The second kappa shape index (κ2) is 5.21. The second-order valence-corrected chi connectivity index (χ2v) is 5.81. The van der Waals surface area contributed by atoms with Crippen LogP contribution in [0.3, 0.4) is 0 Å². The molecule has 0 bridgehead atoms. The van der Waals surface area contributed by atoms with Gasteiger partial charge in [-0.2, -0.15) is 0 Å². The molecule has 1 aliphatic rings. The normalized spacial score (nSPS) is 15.3. The Labute approximate surface area is 133 Å². The fraction of sp³-hybridized carbons (Fsp3) is 0.222. The number of amides is 1. The molecule has 2 N–H and O–H groups in total. The number of hydrogen-bond donors (Lipinski definition) is 2. The Morgan fingerprint density at radius 2 is 2.00 bits per heavy atom. The Kier molecular flexibility index (Phi) is 3.16. The van der Waals surface area contributed by atoms with Gasteiger partial charge in [-0.3, -0.25) is 4.79 Å². The molecule has 2 aromatic carbocycles. The summed E-state index contributed by atoms with van der Waals surface area (Å²) in [5, 5.41) is 12.6. The van der Waals surface area contributed by atoms with Gasteiger partial charge in [0.25, 0.3) is 5.91 Å². The fourth-order valence-electron chi connectivity index (χ4n) is 3.09. The molecule has 4 rings (SSSR count). The van der Waals surface area contributed by atoms with Crippen LogP contribution >= 0.6 is 0 Å². The number of carbonyl (C=O) groups is 1. The van der Waals surface area contributed by atoms with Gasteiger partial charge in [-0.05, 0) is 24.6 Å². The van der Waals surface area contributed by atoms with Crippen molar-refractivity contribution in [3.63, 3.8) is 0 Å². The molecule has 0 spiro atoms. The highest BCUT2D eigenvalue weighted by Gasteiger charge is 2.21. The highest BCUT2D eigenvalue weighted by molar-refractivity contribution is 6.06. The van der Waals surface area contributed by atoms with Gasteiger partial charge in [0.1, 0.15) is 5.82 Å². The number of imidazole rings is 1. The predicted octanol–water partition coefficient (Wildman–Crippen LogP) is 2.50. The van der Waals surface area contributed by atoms with Gasteiger partial charge in [0.05, 0.1) is 22.7 Å². The average Bonchev–Trinajstić information content (AvgIpc) is 2.84. The molecular formula is C18H17N3O2. The lowest BCUT2D eigenvalue weighted by atomic mass is 10.1. The van der Waals surface area contributed by atoms with Crippen molar-refractivity contribution >= 4 is 16.9 Å². The first kappa shape index (κ1) is 14.0. The number of aromatic nitrogens is 2. The molecule has 1 aliphatic heterocycles. The van der Waals surface area contributed by atoms with Crippen molar-refractivity contribution in [2.24, 2.45) is 0 Å². The minimum Gasteiger partial charge on any atom is -0.389 e. The summed E-state index contributed by atoms with van der Waals surface area (Å²) in [6.45, 7) is 3.01. The summed E-state index contributed by atoms with van der Waals surface area (Å²) in [5.41, 5.74) is 4.23. The predicted molar refractivity (Wildman–Crippen MR) is 88.1 cm³/mol. The van der Waals surface area contributed by atoms with E-state index in [1.165, 1.54) is 0 Å². The fourth-order valence-corrected chi connectivity index (χ4v) is 3.09. The van der Waals surface area contributed by atoms with Gasteiger partial charge >= 0.3 is 0 Å². The molecular weight excluding hydrogens is 290 g/mol. The lowest BCUT2D eigenvalue weighted by Gasteiger charge is -2.09. The number of aliphatic hydroxyl groups is 1. The summed E-state index contributed by atoms with van der Waals surface area (Å²) in [6, 6.07) is 13.4. The number of nitrogens with one attached hydrogen (secondary N) is 1. The van der Waals surface area contributed by atoms with Crippen molar-refractivity contribution < 1.29 is 9.90 Å². The molecule has 1 atom stereocenters. The first-order chi connectivity index (χ1) is 11.1. The van der Waals surface area contributed by atoms with Gasteiger partial charge in [0.15, 0.2) is 0 Å². The van der Waals surface area contributed by atoms with Gasteiger partial charge < -0.3 is 15.0 Å². The summed E-state index contributed by atoms with van der Waals surface area (Å²) in [5.74, 6) is 0.798. The van der Waals surface area contributed by atoms with Gasteiger partial charge in [0, 0.05) is 18.7 Å². The standard InChI is InChI=1S/C18H17N3O2/c1-11(22)12-5-7-13(8-6-12)17-20-15-4-2-3-14-16(15)21(17)10-9-19-18(14)23/h2-8,11,22H,9-10H2,1H3,(H,19,23). The van der Waals surface area contributed by atoms with Crippen LogP contribution in [0.1, 0.15) is 28.9 Å². The number of nitrogens with zero attached hydrogens (tertiary/aromatic N) is 2. The van der Waals surface area contributed by atoms with Crippen molar-refractivity contribution in [3.8, 4) is 11.4 Å². The molecule has 1 aromatic heterocycles. The van der Waals surface area contributed by atoms with Crippen LogP contribution in [0.5, 0.6) is 0 Å². The summed E-state index contributed by atoms with van der Waals surface area (Å²) in [6.07, 6.45) is -0.488. The van der Waals surface area contributed by atoms with Crippen molar-refractivity contribution in [2.75, 3.05) is 6.54 Å². The Morgan fingerprint density at radius 1 is 1.22 bits per heavy atom. The van der Waals surface area contributed by atoms with E-state index >= 15 is 0 Å². The topological polar surface area (TPSA) is 67.2 Å². The molecule has 0 aliphatic carbocycles. The van der Waals surface area contributed by atoms with E-state index < -0.39 is 6.10 Å². The van der Waals surface area contributed by atoms with Crippen LogP contribution in [0.4, 0.5) is 0 Å². The molecule has 0 fully saturated rings. The monoisotopic (exact) mass is 307 g/mol. The van der Waals surface area contributed by atoms with E-state index in [0.717, 1.165) is 28.0 Å². The second-order valence-electron chi connectivity index (χ2n) is 5.81. The molecule has 0 radical (unpaired) electrons. The first-order valence-corrected chi connectivity index (χ1v) is 7.71. The van der Waals surface area contributed by atoms with Crippen LogP contribution in [-0.2, 0) is 6.54 Å². The molecule has 116 valence electrons. The zero-order valence-corrected chi connectivity index (χ0v) is 12.8. The molecule has 3 aromatic rings. The van der Waals surface area contributed by atoms with Crippen molar-refractivity contribution in [3.05, 3.63) is 53.6 Å². The minimum atomic E-state index is -0.488. The van der Waals surface area contributed by atoms with Gasteiger partial charge in [-0.15, -0.1) is 0 Å². The maximum atomic E-state index is 12.2. The molecule has 1 amide bonds. The molecule has 1 unspecified atom stereocenters. The summed E-state index contributed by atoms with van der Waals surface area (Å²) >= 11 is 0. The Hall–Kier alpha value is -2.66. The quantitative estimate of drug-likeness (QED) is 0.764. The van der Waals surface area contributed by atoms with Gasteiger partial charge in [0.2, 0.25) is 0 Å². The molecule has 23 heavy (non-hydrogen) atoms. The van der Waals surface area contributed by atoms with Gasteiger partial charge in [-0.1, -0.05) is 30.3 Å². The maximum absolute atomic E-state index is 12.2. The third-order valence-corrected chi connectivity index (χ3v) is 4.28. The highest BCUT2D eigenvalue weighted by Crippen LogP contribution is 2.29. The number of hydrogen-bond acceptors (Lipinski definition) is 3. The van der Waals surface area contributed by atoms with Crippen molar-refractivity contribution in [1.29, 1.82) is 0 Å². The maximum Gasteiger partial charge on any atom is 0.253 e. The van der Waals surface area contributed by atoms with Crippen LogP contribution in [0.25, 0.3) is 22.4 Å².